The van der Waals surface area contributed by atoms with E-state index in [-0.39, 0.29) is 37.4 Å². The van der Waals surface area contributed by atoms with Crippen LogP contribution in [-0.2, 0) is 20.7 Å². The van der Waals surface area contributed by atoms with E-state index in [2.05, 4.69) is 5.32 Å². The maximum atomic E-state index is 12.6. The number of methoxy groups -OCH3 is 1. The Bertz CT molecular complexity index is 869. The van der Waals surface area contributed by atoms with Gasteiger partial charge in [-0.3, -0.25) is 14.4 Å². The average Bonchev–Trinajstić information content (AvgIpc) is 2.75. The molecule has 0 aromatic heterocycles. The number of primary amides is 1. The van der Waals surface area contributed by atoms with Crippen molar-refractivity contribution in [2.45, 2.75) is 13.3 Å². The summed E-state index contributed by atoms with van der Waals surface area (Å²) in [6.45, 7) is 1.82. The first-order valence-corrected chi connectivity index (χ1v) is 9.52. The van der Waals surface area contributed by atoms with Gasteiger partial charge in [-0.2, -0.15) is 0 Å². The number of hydrogen-bond donors (Lipinski definition) is 2. The predicted molar refractivity (Wildman–Crippen MR) is 110 cm³/mol. The third kappa shape index (κ3) is 6.80. The number of hydrogen-bond acceptors (Lipinski definition) is 6. The highest BCUT2D eigenvalue weighted by atomic mass is 16.5. The van der Waals surface area contributed by atoms with Gasteiger partial charge in [0.25, 0.3) is 11.8 Å². The summed E-state index contributed by atoms with van der Waals surface area (Å²) < 4.78 is 15.6. The van der Waals surface area contributed by atoms with Crippen molar-refractivity contribution in [2.24, 2.45) is 11.7 Å². The molecule has 3 N–H and O–H groups in total. The second-order valence-corrected chi connectivity index (χ2v) is 6.47. The lowest BCUT2D eigenvalue weighted by Gasteiger charge is -2.17. The maximum absolute atomic E-state index is 12.6. The van der Waals surface area contributed by atoms with Gasteiger partial charge in [0.15, 0.2) is 18.1 Å². The lowest BCUT2D eigenvalue weighted by atomic mass is 9.99. The summed E-state index contributed by atoms with van der Waals surface area (Å²) in [6, 6.07) is 14.1. The fourth-order valence-corrected chi connectivity index (χ4v) is 2.79. The molecular formula is C22H26N2O6. The third-order valence-corrected chi connectivity index (χ3v) is 4.25. The molecule has 2 aromatic rings. The van der Waals surface area contributed by atoms with E-state index >= 15 is 0 Å². The number of amides is 2. The molecule has 8 nitrogen and oxygen atoms in total. The van der Waals surface area contributed by atoms with Crippen molar-refractivity contribution in [1.29, 1.82) is 0 Å². The molecule has 0 aliphatic heterocycles. The van der Waals surface area contributed by atoms with Gasteiger partial charge in [-0.25, -0.2) is 0 Å². The average molecular weight is 414 g/mol. The van der Waals surface area contributed by atoms with Crippen molar-refractivity contribution in [2.75, 3.05) is 26.9 Å². The highest BCUT2D eigenvalue weighted by Crippen LogP contribution is 2.28. The van der Waals surface area contributed by atoms with Gasteiger partial charge in [-0.1, -0.05) is 30.3 Å². The predicted octanol–water partition coefficient (Wildman–Crippen LogP) is 1.71. The summed E-state index contributed by atoms with van der Waals surface area (Å²) in [5, 5.41) is 2.77. The van der Waals surface area contributed by atoms with Crippen LogP contribution in [0.1, 0.15) is 22.8 Å². The number of ether oxygens (including phenoxy) is 3. The normalized spacial score (nSPS) is 11.3. The van der Waals surface area contributed by atoms with E-state index in [1.807, 2.05) is 30.3 Å². The fraction of sp³-hybridized carbons (Fsp3) is 0.318. The van der Waals surface area contributed by atoms with Gasteiger partial charge in [0, 0.05) is 12.1 Å². The molecule has 30 heavy (non-hydrogen) atoms. The Morgan fingerprint density at radius 3 is 2.43 bits per heavy atom. The minimum Gasteiger partial charge on any atom is -0.493 e. The summed E-state index contributed by atoms with van der Waals surface area (Å²) >= 11 is 0. The van der Waals surface area contributed by atoms with Gasteiger partial charge >= 0.3 is 5.97 Å². The van der Waals surface area contributed by atoms with Crippen molar-refractivity contribution in [3.05, 3.63) is 59.7 Å². The molecule has 2 amide bonds. The van der Waals surface area contributed by atoms with Gasteiger partial charge in [0.1, 0.15) is 0 Å². The lowest BCUT2D eigenvalue weighted by molar-refractivity contribution is -0.147. The molecule has 0 spiro atoms. The van der Waals surface area contributed by atoms with Crippen LogP contribution in [0.2, 0.25) is 0 Å². The highest BCUT2D eigenvalue weighted by Gasteiger charge is 2.22. The second kappa shape index (κ2) is 11.5. The summed E-state index contributed by atoms with van der Waals surface area (Å²) in [5.41, 5.74) is 6.37. The smallest absolute Gasteiger partial charge is 0.311 e. The van der Waals surface area contributed by atoms with Crippen LogP contribution in [0.4, 0.5) is 0 Å². The van der Waals surface area contributed by atoms with Crippen LogP contribution < -0.4 is 20.5 Å². The molecule has 0 aliphatic rings. The molecule has 0 fully saturated rings. The Labute approximate surface area is 175 Å². The molecule has 1 atom stereocenters. The van der Waals surface area contributed by atoms with E-state index in [1.54, 1.807) is 6.92 Å². The van der Waals surface area contributed by atoms with E-state index in [9.17, 15) is 14.4 Å². The van der Waals surface area contributed by atoms with Crippen LogP contribution in [0.3, 0.4) is 0 Å². The molecule has 0 saturated carbocycles. The molecule has 0 aliphatic carbocycles. The molecule has 2 rings (SSSR count). The fourth-order valence-electron chi connectivity index (χ4n) is 2.79. The maximum Gasteiger partial charge on any atom is 0.311 e. The molecule has 2 aromatic carbocycles. The van der Waals surface area contributed by atoms with Crippen molar-refractivity contribution in [3.8, 4) is 11.5 Å². The molecule has 8 heteroatoms. The zero-order chi connectivity index (χ0) is 21.9. The van der Waals surface area contributed by atoms with E-state index in [0.29, 0.717) is 17.7 Å². The summed E-state index contributed by atoms with van der Waals surface area (Å²) in [6.07, 6.45) is 0.448. The Kier molecular flexibility index (Phi) is 8.68. The van der Waals surface area contributed by atoms with E-state index < -0.39 is 11.8 Å². The first kappa shape index (κ1) is 22.7. The Balaban J connectivity index is 2.06. The number of benzene rings is 2. The first-order valence-electron chi connectivity index (χ1n) is 9.52. The number of nitrogens with one attached hydrogen (secondary N) is 1. The monoisotopic (exact) mass is 414 g/mol. The summed E-state index contributed by atoms with van der Waals surface area (Å²) in [4.78, 5) is 35.8. The molecule has 0 bridgehead atoms. The van der Waals surface area contributed by atoms with Gasteiger partial charge in [0.2, 0.25) is 0 Å². The standard InChI is InChI=1S/C22H26N2O6/c1-3-29-22(27)17(11-15-7-5-4-6-8-15)13-24-21(26)16-9-10-18(19(12-16)28-2)30-14-20(23)25/h4-10,12,17H,3,11,13-14H2,1-2H3,(H2,23,25)(H,24,26). The Morgan fingerprint density at radius 2 is 1.80 bits per heavy atom. The van der Waals surface area contributed by atoms with Crippen molar-refractivity contribution >= 4 is 17.8 Å². The van der Waals surface area contributed by atoms with Crippen LogP contribution >= 0.6 is 0 Å². The Hall–Kier alpha value is -3.55. The van der Waals surface area contributed by atoms with E-state index in [4.69, 9.17) is 19.9 Å². The number of esters is 1. The molecule has 0 saturated heterocycles. The Morgan fingerprint density at radius 1 is 1.07 bits per heavy atom. The minimum atomic E-state index is -0.623. The van der Waals surface area contributed by atoms with Crippen LogP contribution in [0.25, 0.3) is 0 Å². The quantitative estimate of drug-likeness (QED) is 0.541. The highest BCUT2D eigenvalue weighted by molar-refractivity contribution is 5.95. The molecule has 1 unspecified atom stereocenters. The van der Waals surface area contributed by atoms with Gasteiger partial charge in [-0.05, 0) is 37.1 Å². The summed E-state index contributed by atoms with van der Waals surface area (Å²) in [5.74, 6) is -1.30. The molecule has 0 radical (unpaired) electrons. The minimum absolute atomic E-state index is 0.120. The third-order valence-electron chi connectivity index (χ3n) is 4.25. The first-order chi connectivity index (χ1) is 14.4. The van der Waals surface area contributed by atoms with Gasteiger partial charge < -0.3 is 25.3 Å². The number of carbonyl (C=O) groups is 3. The van der Waals surface area contributed by atoms with Gasteiger partial charge in [-0.15, -0.1) is 0 Å². The summed E-state index contributed by atoms with van der Waals surface area (Å²) in [7, 11) is 1.42. The largest absolute Gasteiger partial charge is 0.493 e. The van der Waals surface area contributed by atoms with E-state index in [1.165, 1.54) is 25.3 Å². The SMILES string of the molecule is CCOC(=O)C(CNC(=O)c1ccc(OCC(N)=O)c(OC)c1)Cc1ccccc1. The van der Waals surface area contributed by atoms with Crippen LogP contribution in [0.15, 0.2) is 48.5 Å². The number of carbonyl (C=O) groups excluding carboxylic acids is 3. The van der Waals surface area contributed by atoms with Gasteiger partial charge in [0.05, 0.1) is 19.6 Å². The van der Waals surface area contributed by atoms with Crippen molar-refractivity contribution in [1.82, 2.24) is 5.32 Å². The molecule has 160 valence electrons. The topological polar surface area (TPSA) is 117 Å². The van der Waals surface area contributed by atoms with E-state index in [0.717, 1.165) is 5.56 Å². The van der Waals surface area contributed by atoms with Crippen molar-refractivity contribution < 1.29 is 28.6 Å². The molecular weight excluding hydrogens is 388 g/mol. The van der Waals surface area contributed by atoms with Crippen LogP contribution in [-0.4, -0.2) is 44.7 Å². The zero-order valence-electron chi connectivity index (χ0n) is 17.1. The van der Waals surface area contributed by atoms with Crippen LogP contribution in [0, 0.1) is 5.92 Å². The lowest BCUT2D eigenvalue weighted by Crippen LogP contribution is -2.35. The van der Waals surface area contributed by atoms with Crippen LogP contribution in [0.5, 0.6) is 11.5 Å². The second-order valence-electron chi connectivity index (χ2n) is 6.47. The molecule has 0 heterocycles. The number of rotatable bonds is 11. The zero-order valence-corrected chi connectivity index (χ0v) is 17.1. The van der Waals surface area contributed by atoms with Crippen molar-refractivity contribution in [3.63, 3.8) is 0 Å². The number of nitrogens with two attached hydrogens (primary N) is 1.